The van der Waals surface area contributed by atoms with E-state index in [1.54, 1.807) is 0 Å². The zero-order chi connectivity index (χ0) is 14.5. The van der Waals surface area contributed by atoms with Gasteiger partial charge >= 0.3 is 5.97 Å². The number of ether oxygens (including phenoxy) is 1. The number of halogens is 1. The number of rotatable bonds is 4. The lowest BCUT2D eigenvalue weighted by atomic mass is 10.0. The van der Waals surface area contributed by atoms with E-state index in [0.717, 1.165) is 31.7 Å². The van der Waals surface area contributed by atoms with Crippen LogP contribution in [0.4, 0.5) is 0 Å². The highest BCUT2D eigenvalue weighted by atomic mass is 35.5. The minimum Gasteiger partial charge on any atom is -0.465 e. The lowest BCUT2D eigenvalue weighted by Gasteiger charge is -2.36. The third kappa shape index (κ3) is 3.72. The van der Waals surface area contributed by atoms with Crippen LogP contribution < -0.4 is 0 Å². The minimum atomic E-state index is -0.332. The first-order chi connectivity index (χ1) is 9.61. The molecule has 1 aromatic rings. The zero-order valence-electron chi connectivity index (χ0n) is 12.0. The van der Waals surface area contributed by atoms with Crippen LogP contribution in [0.1, 0.15) is 18.5 Å². The second-order valence-electron chi connectivity index (χ2n) is 5.05. The SMILES string of the molecule is CCOC(=O)C(c1ccc(Cl)cc1)N1CCN(C)CC1. The van der Waals surface area contributed by atoms with Crippen LogP contribution in [0, 0.1) is 0 Å². The van der Waals surface area contributed by atoms with Crippen LogP contribution >= 0.6 is 11.6 Å². The van der Waals surface area contributed by atoms with Gasteiger partial charge in [0.25, 0.3) is 0 Å². The molecule has 4 nitrogen and oxygen atoms in total. The van der Waals surface area contributed by atoms with E-state index in [4.69, 9.17) is 16.3 Å². The van der Waals surface area contributed by atoms with Crippen molar-refractivity contribution in [1.82, 2.24) is 9.80 Å². The van der Waals surface area contributed by atoms with E-state index in [9.17, 15) is 4.79 Å². The Labute approximate surface area is 125 Å². The molecule has 1 aromatic carbocycles. The van der Waals surface area contributed by atoms with Crippen molar-refractivity contribution in [3.8, 4) is 0 Å². The molecule has 1 aliphatic rings. The van der Waals surface area contributed by atoms with Gasteiger partial charge in [0.2, 0.25) is 0 Å². The molecule has 0 amide bonds. The van der Waals surface area contributed by atoms with E-state index in [2.05, 4.69) is 16.8 Å². The van der Waals surface area contributed by atoms with E-state index in [1.807, 2.05) is 31.2 Å². The molecular formula is C15H21ClN2O2. The van der Waals surface area contributed by atoms with Gasteiger partial charge in [0, 0.05) is 31.2 Å². The molecule has 0 aliphatic carbocycles. The molecule has 0 aromatic heterocycles. The van der Waals surface area contributed by atoms with Crippen molar-refractivity contribution in [3.05, 3.63) is 34.9 Å². The maximum absolute atomic E-state index is 12.3. The molecule has 1 aliphatic heterocycles. The standard InChI is InChI=1S/C15H21ClN2O2/c1-3-20-15(19)14(12-4-6-13(16)7-5-12)18-10-8-17(2)9-11-18/h4-7,14H,3,8-11H2,1-2H3. The molecule has 1 unspecified atom stereocenters. The summed E-state index contributed by atoms with van der Waals surface area (Å²) in [5.74, 6) is -0.181. The Morgan fingerprint density at radius 1 is 1.25 bits per heavy atom. The topological polar surface area (TPSA) is 32.8 Å². The van der Waals surface area contributed by atoms with Crippen LogP contribution in [0.5, 0.6) is 0 Å². The van der Waals surface area contributed by atoms with Gasteiger partial charge in [0.1, 0.15) is 6.04 Å². The van der Waals surface area contributed by atoms with Gasteiger partial charge in [0.05, 0.1) is 6.61 Å². The summed E-state index contributed by atoms with van der Waals surface area (Å²) in [5, 5.41) is 0.676. The first-order valence-electron chi connectivity index (χ1n) is 6.96. The summed E-state index contributed by atoms with van der Waals surface area (Å²) in [6.45, 7) is 5.88. The van der Waals surface area contributed by atoms with Crippen molar-refractivity contribution in [2.24, 2.45) is 0 Å². The van der Waals surface area contributed by atoms with E-state index < -0.39 is 0 Å². The van der Waals surface area contributed by atoms with Crippen LogP contribution in [0.15, 0.2) is 24.3 Å². The monoisotopic (exact) mass is 296 g/mol. The summed E-state index contributed by atoms with van der Waals surface area (Å²) in [7, 11) is 2.10. The Morgan fingerprint density at radius 3 is 2.40 bits per heavy atom. The summed E-state index contributed by atoms with van der Waals surface area (Å²) >= 11 is 5.93. The smallest absolute Gasteiger partial charge is 0.328 e. The molecule has 110 valence electrons. The summed E-state index contributed by atoms with van der Waals surface area (Å²) in [5.41, 5.74) is 0.942. The number of esters is 1. The molecule has 1 atom stereocenters. The van der Waals surface area contributed by atoms with E-state index in [-0.39, 0.29) is 12.0 Å². The van der Waals surface area contributed by atoms with E-state index in [1.165, 1.54) is 0 Å². The Kier molecular flexibility index (Phi) is 5.40. The highest BCUT2D eigenvalue weighted by Crippen LogP contribution is 2.25. The van der Waals surface area contributed by atoms with Crippen LogP contribution in [0.25, 0.3) is 0 Å². The normalized spacial score (nSPS) is 18.8. The zero-order valence-corrected chi connectivity index (χ0v) is 12.8. The third-order valence-electron chi connectivity index (χ3n) is 3.60. The van der Waals surface area contributed by atoms with E-state index in [0.29, 0.717) is 11.6 Å². The van der Waals surface area contributed by atoms with Crippen LogP contribution in [0.2, 0.25) is 5.02 Å². The van der Waals surface area contributed by atoms with Gasteiger partial charge in [-0.25, -0.2) is 4.79 Å². The molecule has 5 heteroatoms. The van der Waals surface area contributed by atoms with E-state index >= 15 is 0 Å². The molecule has 0 spiro atoms. The lowest BCUT2D eigenvalue weighted by molar-refractivity contribution is -0.150. The number of hydrogen-bond donors (Lipinski definition) is 0. The largest absolute Gasteiger partial charge is 0.465 e. The number of carbonyl (C=O) groups is 1. The molecule has 0 saturated carbocycles. The van der Waals surface area contributed by atoms with Crippen LogP contribution in [0.3, 0.4) is 0 Å². The van der Waals surface area contributed by atoms with Gasteiger partial charge in [-0.05, 0) is 31.7 Å². The van der Waals surface area contributed by atoms with Gasteiger partial charge in [-0.2, -0.15) is 0 Å². The predicted molar refractivity (Wildman–Crippen MR) is 79.9 cm³/mol. The third-order valence-corrected chi connectivity index (χ3v) is 3.85. The number of piperazine rings is 1. The molecular weight excluding hydrogens is 276 g/mol. The van der Waals surface area contributed by atoms with Gasteiger partial charge < -0.3 is 9.64 Å². The van der Waals surface area contributed by atoms with Gasteiger partial charge in [0.15, 0.2) is 0 Å². The molecule has 0 bridgehead atoms. The van der Waals surface area contributed by atoms with Gasteiger partial charge in [-0.1, -0.05) is 23.7 Å². The number of nitrogens with zero attached hydrogens (tertiary/aromatic N) is 2. The number of hydrogen-bond acceptors (Lipinski definition) is 4. The molecule has 1 heterocycles. The van der Waals surface area contributed by atoms with Crippen molar-refractivity contribution in [2.75, 3.05) is 39.8 Å². The van der Waals surface area contributed by atoms with Crippen molar-refractivity contribution < 1.29 is 9.53 Å². The molecule has 1 fully saturated rings. The van der Waals surface area contributed by atoms with Crippen LogP contribution in [-0.2, 0) is 9.53 Å². The Morgan fingerprint density at radius 2 is 1.85 bits per heavy atom. The van der Waals surface area contributed by atoms with Crippen molar-refractivity contribution >= 4 is 17.6 Å². The predicted octanol–water partition coefficient (Wildman–Crippen LogP) is 2.19. The van der Waals surface area contributed by atoms with Crippen molar-refractivity contribution in [2.45, 2.75) is 13.0 Å². The first kappa shape index (κ1) is 15.3. The highest BCUT2D eigenvalue weighted by molar-refractivity contribution is 6.30. The molecule has 0 radical (unpaired) electrons. The molecule has 0 N–H and O–H groups in total. The minimum absolute atomic E-state index is 0.181. The van der Waals surface area contributed by atoms with Crippen molar-refractivity contribution in [1.29, 1.82) is 0 Å². The fourth-order valence-corrected chi connectivity index (χ4v) is 2.57. The maximum atomic E-state index is 12.3. The highest BCUT2D eigenvalue weighted by Gasteiger charge is 2.30. The molecule has 2 rings (SSSR count). The molecule has 20 heavy (non-hydrogen) atoms. The summed E-state index contributed by atoms with van der Waals surface area (Å²) in [6, 6.07) is 7.11. The first-order valence-corrected chi connectivity index (χ1v) is 7.34. The number of benzene rings is 1. The lowest BCUT2D eigenvalue weighted by Crippen LogP contribution is -2.48. The second kappa shape index (κ2) is 7.07. The Balaban J connectivity index is 2.20. The Bertz CT molecular complexity index is 442. The van der Waals surface area contributed by atoms with Crippen LogP contribution in [-0.4, -0.2) is 55.6 Å². The van der Waals surface area contributed by atoms with Gasteiger partial charge in [-0.15, -0.1) is 0 Å². The summed E-state index contributed by atoms with van der Waals surface area (Å²) < 4.78 is 5.24. The number of likely N-dealkylation sites (N-methyl/N-ethyl adjacent to an activating group) is 1. The Hall–Kier alpha value is -1.10. The summed E-state index contributed by atoms with van der Waals surface area (Å²) in [4.78, 5) is 16.7. The maximum Gasteiger partial charge on any atom is 0.328 e. The average Bonchev–Trinajstić information content (AvgIpc) is 2.44. The quantitative estimate of drug-likeness (QED) is 0.798. The molecule has 1 saturated heterocycles. The average molecular weight is 297 g/mol. The van der Waals surface area contributed by atoms with Crippen molar-refractivity contribution in [3.63, 3.8) is 0 Å². The summed E-state index contributed by atoms with van der Waals surface area (Å²) in [6.07, 6.45) is 0. The number of carbonyl (C=O) groups excluding carboxylic acids is 1. The fraction of sp³-hybridized carbons (Fsp3) is 0.533. The second-order valence-corrected chi connectivity index (χ2v) is 5.48. The van der Waals surface area contributed by atoms with Gasteiger partial charge in [-0.3, -0.25) is 4.90 Å². The fourth-order valence-electron chi connectivity index (χ4n) is 2.44.